The lowest BCUT2D eigenvalue weighted by Crippen LogP contribution is -2.41. The Kier molecular flexibility index (Phi) is 7.17. The number of carbonyl (C=O) groups is 1. The minimum Gasteiger partial charge on any atom is -0.387 e. The van der Waals surface area contributed by atoms with Gasteiger partial charge < -0.3 is 36.6 Å². The molecule has 3 heterocycles. The Bertz CT molecular complexity index is 1160. The summed E-state index contributed by atoms with van der Waals surface area (Å²) >= 11 is 0. The molecule has 0 spiro atoms. The molecule has 0 aliphatic carbocycles. The van der Waals surface area contributed by atoms with E-state index in [4.69, 9.17) is 10.5 Å². The molecule has 1 saturated heterocycles. The largest absolute Gasteiger partial charge is 0.387 e. The molecule has 0 bridgehead atoms. The van der Waals surface area contributed by atoms with Gasteiger partial charge in [0.15, 0.2) is 17.7 Å². The Morgan fingerprint density at radius 2 is 1.86 bits per heavy atom. The molecule has 12 nitrogen and oxygen atoms in total. The van der Waals surface area contributed by atoms with Crippen molar-refractivity contribution in [2.45, 2.75) is 50.7 Å². The smallest absolute Gasteiger partial charge is 0.319 e. The highest BCUT2D eigenvalue weighted by atomic mass is 16.6. The number of aliphatic hydroxyl groups excluding tert-OH is 2. The van der Waals surface area contributed by atoms with Crippen LogP contribution in [0.25, 0.3) is 11.2 Å². The summed E-state index contributed by atoms with van der Waals surface area (Å²) in [6.45, 7) is 7.49. The van der Waals surface area contributed by atoms with Crippen LogP contribution in [-0.2, 0) is 10.2 Å². The third-order valence-corrected chi connectivity index (χ3v) is 5.94. The monoisotopic (exact) mass is 484 g/mol. The number of amides is 2. The summed E-state index contributed by atoms with van der Waals surface area (Å²) in [7, 11) is 0. The molecule has 1 aliphatic heterocycles. The number of anilines is 2. The first-order chi connectivity index (χ1) is 16.6. The van der Waals surface area contributed by atoms with Crippen molar-refractivity contribution in [2.24, 2.45) is 0 Å². The molecule has 1 aliphatic rings. The Hall–Kier alpha value is -3.32. The SMILES string of the molecule is CC(C)(C)c1ccc(NC(=O)NCCNC[C@H]2O[C@@H](n3cnc4c(N)ncnc43)[C@H](O)[C@@H]2O)cc1. The third kappa shape index (κ3) is 5.51. The van der Waals surface area contributed by atoms with Gasteiger partial charge in [-0.05, 0) is 23.1 Å². The molecule has 188 valence electrons. The summed E-state index contributed by atoms with van der Waals surface area (Å²) in [5.74, 6) is 0.221. The van der Waals surface area contributed by atoms with Crippen LogP contribution in [0.2, 0.25) is 0 Å². The second-order valence-corrected chi connectivity index (χ2v) is 9.54. The number of fused-ring (bicyclic) bond motifs is 1. The molecule has 1 fully saturated rings. The summed E-state index contributed by atoms with van der Waals surface area (Å²) in [4.78, 5) is 24.4. The first kappa shape index (κ1) is 24.8. The normalized spacial score (nSPS) is 22.4. The maximum Gasteiger partial charge on any atom is 0.319 e. The highest BCUT2D eigenvalue weighted by Crippen LogP contribution is 2.31. The molecular weight excluding hydrogens is 452 g/mol. The van der Waals surface area contributed by atoms with Gasteiger partial charge in [-0.1, -0.05) is 32.9 Å². The summed E-state index contributed by atoms with van der Waals surface area (Å²) in [5.41, 5.74) is 8.57. The second-order valence-electron chi connectivity index (χ2n) is 9.54. The second kappa shape index (κ2) is 10.1. The van der Waals surface area contributed by atoms with Crippen molar-refractivity contribution in [2.75, 3.05) is 30.7 Å². The van der Waals surface area contributed by atoms with E-state index in [1.165, 1.54) is 22.8 Å². The number of aliphatic hydroxyl groups is 2. The molecule has 1 aromatic carbocycles. The number of carbonyl (C=O) groups excluding carboxylic acids is 1. The van der Waals surface area contributed by atoms with Gasteiger partial charge in [0.2, 0.25) is 0 Å². The van der Waals surface area contributed by atoms with E-state index in [9.17, 15) is 15.0 Å². The third-order valence-electron chi connectivity index (χ3n) is 5.94. The van der Waals surface area contributed by atoms with Crippen molar-refractivity contribution in [3.63, 3.8) is 0 Å². The molecule has 4 atom stereocenters. The Morgan fingerprint density at radius 3 is 2.57 bits per heavy atom. The average Bonchev–Trinajstić information content (AvgIpc) is 3.36. The van der Waals surface area contributed by atoms with E-state index in [-0.39, 0.29) is 23.8 Å². The van der Waals surface area contributed by atoms with Crippen molar-refractivity contribution in [3.8, 4) is 0 Å². The number of nitrogens with one attached hydrogen (secondary N) is 3. The number of ether oxygens (including phenoxy) is 1. The van der Waals surface area contributed by atoms with Crippen LogP contribution in [0.5, 0.6) is 0 Å². The van der Waals surface area contributed by atoms with Gasteiger partial charge in [-0.15, -0.1) is 0 Å². The van der Waals surface area contributed by atoms with E-state index >= 15 is 0 Å². The quantitative estimate of drug-likeness (QED) is 0.264. The van der Waals surface area contributed by atoms with Gasteiger partial charge in [0, 0.05) is 25.3 Å². The molecule has 12 heteroatoms. The van der Waals surface area contributed by atoms with Gasteiger partial charge in [-0.2, -0.15) is 0 Å². The molecule has 3 aromatic rings. The van der Waals surface area contributed by atoms with E-state index in [0.29, 0.717) is 29.9 Å². The Labute approximate surface area is 202 Å². The molecule has 35 heavy (non-hydrogen) atoms. The van der Waals surface area contributed by atoms with Crippen LogP contribution in [-0.4, -0.2) is 73.7 Å². The summed E-state index contributed by atoms with van der Waals surface area (Å²) in [6, 6.07) is 7.45. The summed E-state index contributed by atoms with van der Waals surface area (Å²) < 4.78 is 7.41. The van der Waals surface area contributed by atoms with Crippen molar-refractivity contribution in [3.05, 3.63) is 42.5 Å². The lowest BCUT2D eigenvalue weighted by atomic mass is 9.87. The van der Waals surface area contributed by atoms with Crippen LogP contribution >= 0.6 is 0 Å². The number of hydrogen-bond donors (Lipinski definition) is 6. The number of hydrogen-bond acceptors (Lipinski definition) is 9. The summed E-state index contributed by atoms with van der Waals surface area (Å²) in [5, 5.41) is 29.7. The minimum absolute atomic E-state index is 0.0497. The van der Waals surface area contributed by atoms with E-state index in [0.717, 1.165) is 0 Å². The molecule has 7 N–H and O–H groups in total. The number of aromatic nitrogens is 4. The van der Waals surface area contributed by atoms with Gasteiger partial charge in [-0.25, -0.2) is 19.7 Å². The zero-order valence-corrected chi connectivity index (χ0v) is 20.0. The topological polar surface area (TPSA) is 172 Å². The molecule has 4 rings (SSSR count). The number of nitrogens with two attached hydrogens (primary N) is 1. The van der Waals surface area contributed by atoms with Gasteiger partial charge in [0.05, 0.1) is 6.33 Å². The maximum absolute atomic E-state index is 12.1. The Morgan fingerprint density at radius 1 is 1.11 bits per heavy atom. The Balaban J connectivity index is 1.22. The molecular formula is C23H32N8O4. The van der Waals surface area contributed by atoms with Crippen LogP contribution in [0.15, 0.2) is 36.9 Å². The van der Waals surface area contributed by atoms with E-state index < -0.39 is 24.5 Å². The maximum atomic E-state index is 12.1. The fraction of sp³-hybridized carbons (Fsp3) is 0.478. The van der Waals surface area contributed by atoms with Crippen molar-refractivity contribution >= 4 is 28.7 Å². The van der Waals surface area contributed by atoms with E-state index in [1.54, 1.807) is 0 Å². The van der Waals surface area contributed by atoms with Crippen molar-refractivity contribution < 1.29 is 19.7 Å². The average molecular weight is 485 g/mol. The number of rotatable bonds is 7. The lowest BCUT2D eigenvalue weighted by molar-refractivity contribution is -0.0340. The van der Waals surface area contributed by atoms with Crippen LogP contribution in [0.3, 0.4) is 0 Å². The van der Waals surface area contributed by atoms with Crippen LogP contribution < -0.4 is 21.7 Å². The van der Waals surface area contributed by atoms with Crippen LogP contribution in [0.1, 0.15) is 32.6 Å². The fourth-order valence-electron chi connectivity index (χ4n) is 3.92. The van der Waals surface area contributed by atoms with Crippen molar-refractivity contribution in [1.82, 2.24) is 30.2 Å². The highest BCUT2D eigenvalue weighted by molar-refractivity contribution is 5.89. The number of imidazole rings is 1. The number of nitrogens with zero attached hydrogens (tertiary/aromatic N) is 4. The van der Waals surface area contributed by atoms with Crippen LogP contribution in [0, 0.1) is 0 Å². The lowest BCUT2D eigenvalue weighted by Gasteiger charge is -2.19. The molecule has 0 unspecified atom stereocenters. The zero-order chi connectivity index (χ0) is 25.2. The highest BCUT2D eigenvalue weighted by Gasteiger charge is 2.44. The molecule has 2 aromatic heterocycles. The van der Waals surface area contributed by atoms with E-state index in [1.807, 2.05) is 24.3 Å². The standard InChI is InChI=1S/C23H32N8O4/c1-23(2,3)13-4-6-14(7-5-13)30-22(34)26-9-8-25-10-15-17(32)18(33)21(35-15)31-12-29-16-19(24)27-11-28-20(16)31/h4-7,11-12,15,17-18,21,25,32-33H,8-10H2,1-3H3,(H2,24,27,28)(H2,26,30,34)/t15-,17-,18-,21-/m1/s1. The van der Waals surface area contributed by atoms with Gasteiger partial charge in [0.1, 0.15) is 30.2 Å². The molecule has 0 radical (unpaired) electrons. The van der Waals surface area contributed by atoms with Crippen molar-refractivity contribution in [1.29, 1.82) is 0 Å². The predicted molar refractivity (Wildman–Crippen MR) is 131 cm³/mol. The summed E-state index contributed by atoms with van der Waals surface area (Å²) in [6.07, 6.45) is -1.07. The minimum atomic E-state index is -1.18. The number of nitrogen functional groups attached to an aromatic ring is 1. The van der Waals surface area contributed by atoms with Gasteiger partial charge in [0.25, 0.3) is 0 Å². The molecule has 0 saturated carbocycles. The van der Waals surface area contributed by atoms with Gasteiger partial charge in [-0.3, -0.25) is 4.57 Å². The van der Waals surface area contributed by atoms with Crippen LogP contribution in [0.4, 0.5) is 16.3 Å². The number of benzene rings is 1. The number of urea groups is 1. The van der Waals surface area contributed by atoms with Gasteiger partial charge >= 0.3 is 6.03 Å². The first-order valence-corrected chi connectivity index (χ1v) is 11.5. The fourth-order valence-corrected chi connectivity index (χ4v) is 3.92. The predicted octanol–water partition coefficient (Wildman–Crippen LogP) is 0.737. The zero-order valence-electron chi connectivity index (χ0n) is 20.0. The van der Waals surface area contributed by atoms with E-state index in [2.05, 4.69) is 51.7 Å². The molecule has 2 amide bonds. The first-order valence-electron chi connectivity index (χ1n) is 11.5.